The first-order valence-corrected chi connectivity index (χ1v) is 11.6. The molecule has 2 aromatic rings. The second-order valence-electron chi connectivity index (χ2n) is 7.28. The Hall–Kier alpha value is -1.57. The Morgan fingerprint density at radius 1 is 1.11 bits per heavy atom. The lowest BCUT2D eigenvalue weighted by atomic mass is 10.1. The number of aryl methyl sites for hydroxylation is 2. The molecule has 0 saturated heterocycles. The molecule has 1 aromatic carbocycles. The molecule has 1 aliphatic carbocycles. The minimum absolute atomic E-state index is 0.0700. The third kappa shape index (κ3) is 3.60. The first-order valence-electron chi connectivity index (χ1n) is 9.38. The average molecular weight is 408 g/mol. The van der Waals surface area contributed by atoms with Crippen molar-refractivity contribution in [3.63, 3.8) is 0 Å². The van der Waals surface area contributed by atoms with Gasteiger partial charge in [-0.3, -0.25) is 0 Å². The first-order chi connectivity index (χ1) is 12.9. The first kappa shape index (κ1) is 18.8. The lowest BCUT2D eigenvalue weighted by molar-refractivity contribution is 0.296. The fraction of sp³-hybridized carbons (Fsp3) is 0.500. The Bertz CT molecular complexity index is 947. The van der Waals surface area contributed by atoms with Gasteiger partial charge in [0.15, 0.2) is 11.5 Å². The van der Waals surface area contributed by atoms with E-state index >= 15 is 0 Å². The molecule has 1 aliphatic heterocycles. The van der Waals surface area contributed by atoms with Crippen molar-refractivity contribution in [3.8, 4) is 11.5 Å². The van der Waals surface area contributed by atoms with E-state index in [2.05, 4.69) is 0 Å². The standard InChI is InChI=1S/C20H25NO4S2/c1-13-11-20(15(3)26-13)27(22,23)21(17-6-7-17)14(2)16-5-8-18-19(12-16)25-10-4-9-24-18/h5,8,11-12,14,17H,4,6-7,9-10H2,1-3H3. The van der Waals surface area contributed by atoms with Crippen LogP contribution in [0.15, 0.2) is 29.2 Å². The van der Waals surface area contributed by atoms with Crippen LogP contribution in [-0.2, 0) is 10.0 Å². The molecule has 27 heavy (non-hydrogen) atoms. The van der Waals surface area contributed by atoms with Gasteiger partial charge in [-0.25, -0.2) is 8.42 Å². The number of hydrogen-bond donors (Lipinski definition) is 0. The van der Waals surface area contributed by atoms with Crippen LogP contribution in [0, 0.1) is 13.8 Å². The van der Waals surface area contributed by atoms with E-state index in [4.69, 9.17) is 9.47 Å². The largest absolute Gasteiger partial charge is 0.490 e. The zero-order valence-electron chi connectivity index (χ0n) is 15.9. The fourth-order valence-electron chi connectivity index (χ4n) is 3.61. The zero-order chi connectivity index (χ0) is 19.2. The Morgan fingerprint density at radius 3 is 2.44 bits per heavy atom. The normalized spacial score (nSPS) is 18.4. The number of hydrogen-bond acceptors (Lipinski definition) is 5. The highest BCUT2D eigenvalue weighted by molar-refractivity contribution is 7.89. The van der Waals surface area contributed by atoms with Crippen LogP contribution in [0.1, 0.15) is 47.5 Å². The van der Waals surface area contributed by atoms with Crippen LogP contribution in [0.25, 0.3) is 0 Å². The van der Waals surface area contributed by atoms with Gasteiger partial charge >= 0.3 is 0 Å². The molecule has 4 rings (SSSR count). The molecule has 0 amide bonds. The lowest BCUT2D eigenvalue weighted by Crippen LogP contribution is -2.35. The number of rotatable bonds is 5. The van der Waals surface area contributed by atoms with Gasteiger partial charge in [0.05, 0.1) is 18.1 Å². The van der Waals surface area contributed by atoms with Crippen LogP contribution < -0.4 is 9.47 Å². The van der Waals surface area contributed by atoms with Crippen LogP contribution in [0.3, 0.4) is 0 Å². The van der Waals surface area contributed by atoms with Gasteiger partial charge in [0, 0.05) is 28.3 Å². The number of nitrogens with zero attached hydrogens (tertiary/aromatic N) is 1. The number of benzene rings is 1. The Morgan fingerprint density at radius 2 is 1.81 bits per heavy atom. The van der Waals surface area contributed by atoms with Crippen molar-refractivity contribution in [1.82, 2.24) is 4.31 Å². The Kier molecular flexibility index (Phi) is 4.94. The molecular formula is C20H25NO4S2. The van der Waals surface area contributed by atoms with E-state index in [1.165, 1.54) is 11.3 Å². The highest BCUT2D eigenvalue weighted by atomic mass is 32.2. The monoisotopic (exact) mass is 407 g/mol. The molecule has 0 N–H and O–H groups in total. The van der Waals surface area contributed by atoms with Crippen molar-refractivity contribution in [1.29, 1.82) is 0 Å². The quantitative estimate of drug-likeness (QED) is 0.735. The molecule has 2 heterocycles. The Balaban J connectivity index is 1.70. The van der Waals surface area contributed by atoms with Gasteiger partial charge in [0.1, 0.15) is 0 Å². The Labute approximate surface area is 165 Å². The summed E-state index contributed by atoms with van der Waals surface area (Å²) in [5, 5.41) is 0. The van der Waals surface area contributed by atoms with Crippen molar-refractivity contribution in [2.45, 2.75) is 57.0 Å². The van der Waals surface area contributed by atoms with Gasteiger partial charge in [-0.05, 0) is 57.4 Å². The van der Waals surface area contributed by atoms with Crippen molar-refractivity contribution in [2.75, 3.05) is 13.2 Å². The number of sulfonamides is 1. The molecule has 0 spiro atoms. The smallest absolute Gasteiger partial charge is 0.244 e. The summed E-state index contributed by atoms with van der Waals surface area (Å²) in [6.07, 6.45) is 2.67. The molecular weight excluding hydrogens is 382 g/mol. The summed E-state index contributed by atoms with van der Waals surface area (Å²) in [6, 6.07) is 7.38. The van der Waals surface area contributed by atoms with Gasteiger partial charge in [0.2, 0.25) is 10.0 Å². The molecule has 0 radical (unpaired) electrons. The van der Waals surface area contributed by atoms with Gasteiger partial charge in [-0.1, -0.05) is 6.07 Å². The molecule has 1 aromatic heterocycles. The van der Waals surface area contributed by atoms with E-state index in [0.717, 1.165) is 40.3 Å². The summed E-state index contributed by atoms with van der Waals surface area (Å²) < 4.78 is 40.2. The molecule has 2 aliphatic rings. The molecule has 5 nitrogen and oxygen atoms in total. The molecule has 1 unspecified atom stereocenters. The minimum atomic E-state index is -3.55. The van der Waals surface area contributed by atoms with E-state index in [9.17, 15) is 8.42 Å². The van der Waals surface area contributed by atoms with E-state index in [1.54, 1.807) is 10.4 Å². The maximum atomic E-state index is 13.5. The van der Waals surface area contributed by atoms with Crippen molar-refractivity contribution >= 4 is 21.4 Å². The minimum Gasteiger partial charge on any atom is -0.490 e. The predicted octanol–water partition coefficient (Wildman–Crippen LogP) is 4.44. The lowest BCUT2D eigenvalue weighted by Gasteiger charge is -2.29. The molecule has 1 atom stereocenters. The number of thiophene rings is 1. The summed E-state index contributed by atoms with van der Waals surface area (Å²) >= 11 is 1.53. The summed E-state index contributed by atoms with van der Waals surface area (Å²) in [4.78, 5) is 2.31. The highest BCUT2D eigenvalue weighted by Gasteiger charge is 2.42. The maximum absolute atomic E-state index is 13.5. The SMILES string of the molecule is Cc1cc(S(=O)(=O)N(C2CC2)C(C)c2ccc3c(c2)OCCCO3)c(C)s1. The van der Waals surface area contributed by atoms with Gasteiger partial charge in [0.25, 0.3) is 0 Å². The van der Waals surface area contributed by atoms with E-state index in [0.29, 0.717) is 23.9 Å². The van der Waals surface area contributed by atoms with Crippen molar-refractivity contribution < 1.29 is 17.9 Å². The van der Waals surface area contributed by atoms with Crippen molar-refractivity contribution in [3.05, 3.63) is 39.6 Å². The van der Waals surface area contributed by atoms with Crippen LogP contribution in [0.5, 0.6) is 11.5 Å². The van der Waals surface area contributed by atoms with Gasteiger partial charge in [-0.2, -0.15) is 4.31 Å². The van der Waals surface area contributed by atoms with E-state index < -0.39 is 10.0 Å². The van der Waals surface area contributed by atoms with Crippen LogP contribution >= 0.6 is 11.3 Å². The third-order valence-electron chi connectivity index (χ3n) is 5.09. The maximum Gasteiger partial charge on any atom is 0.244 e. The summed E-state index contributed by atoms with van der Waals surface area (Å²) in [7, 11) is -3.55. The van der Waals surface area contributed by atoms with Crippen molar-refractivity contribution in [2.24, 2.45) is 0 Å². The second kappa shape index (κ2) is 7.11. The molecule has 1 saturated carbocycles. The molecule has 0 bridgehead atoms. The van der Waals surface area contributed by atoms with Crippen LogP contribution in [0.4, 0.5) is 0 Å². The molecule has 7 heteroatoms. The van der Waals surface area contributed by atoms with E-state index in [1.807, 2.05) is 39.0 Å². The average Bonchev–Trinajstić information content (AvgIpc) is 3.41. The second-order valence-corrected chi connectivity index (χ2v) is 10.5. The molecule has 146 valence electrons. The van der Waals surface area contributed by atoms with E-state index in [-0.39, 0.29) is 12.1 Å². The summed E-state index contributed by atoms with van der Waals surface area (Å²) in [6.45, 7) is 7.05. The number of ether oxygens (including phenoxy) is 2. The topological polar surface area (TPSA) is 55.8 Å². The van der Waals surface area contributed by atoms with Gasteiger partial charge in [-0.15, -0.1) is 11.3 Å². The number of fused-ring (bicyclic) bond motifs is 1. The predicted molar refractivity (Wildman–Crippen MR) is 106 cm³/mol. The van der Waals surface area contributed by atoms with Gasteiger partial charge < -0.3 is 9.47 Å². The highest BCUT2D eigenvalue weighted by Crippen LogP contribution is 2.42. The molecule has 1 fully saturated rings. The summed E-state index contributed by atoms with van der Waals surface area (Å²) in [5.74, 6) is 1.43. The van der Waals surface area contributed by atoms with Crippen LogP contribution in [-0.4, -0.2) is 32.0 Å². The van der Waals surface area contributed by atoms with Crippen LogP contribution in [0.2, 0.25) is 0 Å². The zero-order valence-corrected chi connectivity index (χ0v) is 17.5. The third-order valence-corrected chi connectivity index (χ3v) is 8.34. The fourth-order valence-corrected chi connectivity index (χ4v) is 7.01. The summed E-state index contributed by atoms with van der Waals surface area (Å²) in [5.41, 5.74) is 0.930.